The highest BCUT2D eigenvalue weighted by Gasteiger charge is 2.37. The summed E-state index contributed by atoms with van der Waals surface area (Å²) in [5.41, 5.74) is -1.94. The van der Waals surface area contributed by atoms with Crippen LogP contribution in [0.5, 0.6) is 0 Å². The summed E-state index contributed by atoms with van der Waals surface area (Å²) in [5, 5.41) is 0. The molecule has 0 atom stereocenters. The first kappa shape index (κ1) is 20.8. The van der Waals surface area contributed by atoms with E-state index >= 15 is 0 Å². The average Bonchev–Trinajstić information content (AvgIpc) is 2.52. The zero-order valence-electron chi connectivity index (χ0n) is 14.7. The predicted molar refractivity (Wildman–Crippen MR) is 97.9 cm³/mol. The number of rotatable bonds is 1. The highest BCUT2D eigenvalue weighted by molar-refractivity contribution is 14.1. The molecule has 1 saturated heterocycles. The van der Waals surface area contributed by atoms with Crippen LogP contribution in [0, 0.1) is 3.57 Å². The fraction of sp³-hybridized carbons (Fsp3) is 0.529. The minimum absolute atomic E-state index is 0.154. The lowest BCUT2D eigenvalue weighted by molar-refractivity contribution is -0.138. The molecule has 0 aliphatic carbocycles. The van der Waals surface area contributed by atoms with Gasteiger partial charge in [0.15, 0.2) is 0 Å². The molecule has 0 radical (unpaired) electrons. The molecule has 1 aromatic rings. The number of nitrogens with zero attached hydrogens (tertiary/aromatic N) is 2. The summed E-state index contributed by atoms with van der Waals surface area (Å²) in [6.07, 6.45) is -5.10. The summed E-state index contributed by atoms with van der Waals surface area (Å²) >= 11 is 1.78. The van der Waals surface area contributed by atoms with Crippen LogP contribution < -0.4 is 0 Å². The van der Waals surface area contributed by atoms with Crippen LogP contribution in [0.15, 0.2) is 18.2 Å². The number of hydrogen-bond acceptors (Lipinski definition) is 3. The van der Waals surface area contributed by atoms with Gasteiger partial charge in [-0.2, -0.15) is 13.2 Å². The van der Waals surface area contributed by atoms with Crippen molar-refractivity contribution in [1.29, 1.82) is 0 Å². The number of carbonyl (C=O) groups excluding carboxylic acids is 2. The zero-order valence-corrected chi connectivity index (χ0v) is 16.8. The Hall–Kier alpha value is -1.52. The summed E-state index contributed by atoms with van der Waals surface area (Å²) < 4.78 is 45.4. The molecule has 2 rings (SSSR count). The first-order chi connectivity index (χ1) is 11.9. The first-order valence-electron chi connectivity index (χ1n) is 8.02. The molecule has 26 heavy (non-hydrogen) atoms. The van der Waals surface area contributed by atoms with Crippen LogP contribution in [0.3, 0.4) is 0 Å². The summed E-state index contributed by atoms with van der Waals surface area (Å²) in [5.74, 6) is -0.683. The first-order valence-corrected chi connectivity index (χ1v) is 9.10. The van der Waals surface area contributed by atoms with Crippen molar-refractivity contribution in [2.45, 2.75) is 32.5 Å². The molecule has 1 aromatic carbocycles. The molecule has 0 unspecified atom stereocenters. The van der Waals surface area contributed by atoms with Crippen molar-refractivity contribution < 1.29 is 27.5 Å². The average molecular weight is 484 g/mol. The van der Waals surface area contributed by atoms with E-state index in [0.29, 0.717) is 3.57 Å². The van der Waals surface area contributed by atoms with E-state index in [2.05, 4.69) is 0 Å². The summed E-state index contributed by atoms with van der Waals surface area (Å²) in [6.45, 7) is 5.99. The highest BCUT2D eigenvalue weighted by Crippen LogP contribution is 2.33. The Morgan fingerprint density at radius 1 is 1.04 bits per heavy atom. The molecule has 1 aliphatic rings. The molecular formula is C17H20F3IN2O3. The summed E-state index contributed by atoms with van der Waals surface area (Å²) in [6, 6.07) is 3.64. The lowest BCUT2D eigenvalue weighted by Crippen LogP contribution is -2.51. The van der Waals surface area contributed by atoms with Crippen molar-refractivity contribution in [1.82, 2.24) is 9.80 Å². The zero-order chi connectivity index (χ0) is 19.7. The number of amides is 2. The Balaban J connectivity index is 2.09. The molecule has 0 N–H and O–H groups in total. The Bertz CT molecular complexity index is 693. The minimum Gasteiger partial charge on any atom is -0.444 e. The monoisotopic (exact) mass is 484 g/mol. The number of halogens is 4. The fourth-order valence-electron chi connectivity index (χ4n) is 2.53. The van der Waals surface area contributed by atoms with Gasteiger partial charge in [-0.3, -0.25) is 4.79 Å². The highest BCUT2D eigenvalue weighted by atomic mass is 127. The van der Waals surface area contributed by atoms with Crippen LogP contribution >= 0.6 is 22.6 Å². The molecule has 144 valence electrons. The topological polar surface area (TPSA) is 49.9 Å². The van der Waals surface area contributed by atoms with Gasteiger partial charge in [-0.1, -0.05) is 0 Å². The molecule has 1 fully saturated rings. The second kappa shape index (κ2) is 7.61. The molecule has 9 heteroatoms. The number of hydrogen-bond donors (Lipinski definition) is 0. The lowest BCUT2D eigenvalue weighted by Gasteiger charge is -2.36. The standard InChI is InChI=1S/C17H20F3IN2O3/c1-16(2,3)26-15(25)23-8-6-22(7-9-23)14(24)12-5-4-11(21)10-13(12)17(18,19)20/h4-5,10H,6-9H2,1-3H3. The molecule has 0 spiro atoms. The van der Waals surface area contributed by atoms with Crippen molar-refractivity contribution in [2.75, 3.05) is 26.2 Å². The van der Waals surface area contributed by atoms with Crippen molar-refractivity contribution in [2.24, 2.45) is 0 Å². The third-order valence-electron chi connectivity index (χ3n) is 3.74. The van der Waals surface area contributed by atoms with Crippen molar-refractivity contribution >= 4 is 34.6 Å². The lowest BCUT2D eigenvalue weighted by atomic mass is 10.1. The molecule has 0 saturated carbocycles. The second-order valence-corrected chi connectivity index (χ2v) is 8.19. The van der Waals surface area contributed by atoms with E-state index in [1.54, 1.807) is 43.4 Å². The third-order valence-corrected chi connectivity index (χ3v) is 4.41. The Morgan fingerprint density at radius 3 is 2.08 bits per heavy atom. The molecule has 0 aromatic heterocycles. The molecule has 5 nitrogen and oxygen atoms in total. The van der Waals surface area contributed by atoms with E-state index in [-0.39, 0.29) is 31.7 Å². The molecule has 0 bridgehead atoms. The van der Waals surface area contributed by atoms with Gasteiger partial charge in [-0.15, -0.1) is 0 Å². The minimum atomic E-state index is -4.61. The Labute approximate surface area is 163 Å². The quantitative estimate of drug-likeness (QED) is 0.567. The van der Waals surface area contributed by atoms with Crippen molar-refractivity contribution in [3.63, 3.8) is 0 Å². The van der Waals surface area contributed by atoms with E-state index in [0.717, 1.165) is 6.07 Å². The molecule has 1 aliphatic heterocycles. The molecule has 1 heterocycles. The van der Waals surface area contributed by atoms with Crippen molar-refractivity contribution in [3.05, 3.63) is 32.9 Å². The van der Waals surface area contributed by atoms with Crippen LogP contribution in [0.2, 0.25) is 0 Å². The molecule has 2 amide bonds. The number of piperazine rings is 1. The van der Waals surface area contributed by atoms with E-state index in [4.69, 9.17) is 4.74 Å². The van der Waals surface area contributed by atoms with Gasteiger partial charge in [0.25, 0.3) is 5.91 Å². The van der Waals surface area contributed by atoms with Crippen LogP contribution in [-0.2, 0) is 10.9 Å². The molecular weight excluding hydrogens is 464 g/mol. The van der Waals surface area contributed by atoms with Gasteiger partial charge < -0.3 is 14.5 Å². The maximum absolute atomic E-state index is 13.2. The third kappa shape index (κ3) is 5.24. The van der Waals surface area contributed by atoms with E-state index < -0.39 is 29.3 Å². The number of carbonyl (C=O) groups is 2. The van der Waals surface area contributed by atoms with Gasteiger partial charge in [-0.05, 0) is 61.6 Å². The van der Waals surface area contributed by atoms with E-state index in [1.165, 1.54) is 21.9 Å². The predicted octanol–water partition coefficient (Wildman–Crippen LogP) is 4.00. The fourth-order valence-corrected chi connectivity index (χ4v) is 3.02. The van der Waals surface area contributed by atoms with Gasteiger partial charge in [0.2, 0.25) is 0 Å². The van der Waals surface area contributed by atoms with Crippen molar-refractivity contribution in [3.8, 4) is 0 Å². The van der Waals surface area contributed by atoms with Gasteiger partial charge in [0, 0.05) is 29.7 Å². The largest absolute Gasteiger partial charge is 0.444 e. The normalized spacial score (nSPS) is 15.8. The summed E-state index contributed by atoms with van der Waals surface area (Å²) in [7, 11) is 0. The number of benzene rings is 1. The van der Waals surface area contributed by atoms with E-state index in [9.17, 15) is 22.8 Å². The Kier molecular flexibility index (Phi) is 6.09. The van der Waals surface area contributed by atoms with Gasteiger partial charge in [-0.25, -0.2) is 4.79 Å². The van der Waals surface area contributed by atoms with E-state index in [1.807, 2.05) is 0 Å². The number of alkyl halides is 3. The Morgan fingerprint density at radius 2 is 1.58 bits per heavy atom. The van der Waals surface area contributed by atoms with Crippen LogP contribution in [-0.4, -0.2) is 53.6 Å². The van der Waals surface area contributed by atoms with Gasteiger partial charge in [0.05, 0.1) is 11.1 Å². The maximum atomic E-state index is 13.2. The number of ether oxygens (including phenoxy) is 1. The van der Waals surface area contributed by atoms with Gasteiger partial charge in [0.1, 0.15) is 5.60 Å². The van der Waals surface area contributed by atoms with Gasteiger partial charge >= 0.3 is 12.3 Å². The van der Waals surface area contributed by atoms with Crippen LogP contribution in [0.25, 0.3) is 0 Å². The maximum Gasteiger partial charge on any atom is 0.417 e. The summed E-state index contributed by atoms with van der Waals surface area (Å²) in [4.78, 5) is 27.4. The second-order valence-electron chi connectivity index (χ2n) is 6.95. The smallest absolute Gasteiger partial charge is 0.417 e. The SMILES string of the molecule is CC(C)(C)OC(=O)N1CCN(C(=O)c2ccc(I)cc2C(F)(F)F)CC1. The van der Waals surface area contributed by atoms with Crippen LogP contribution in [0.4, 0.5) is 18.0 Å². The van der Waals surface area contributed by atoms with Crippen LogP contribution in [0.1, 0.15) is 36.7 Å².